The third kappa shape index (κ3) is 5.45. The molecule has 0 amide bonds. The highest BCUT2D eigenvalue weighted by Gasteiger charge is 2.31. The van der Waals surface area contributed by atoms with Gasteiger partial charge in [0.15, 0.2) is 0 Å². The van der Waals surface area contributed by atoms with Crippen LogP contribution in [0.2, 0.25) is 10.0 Å². The molecular formula is C21H12Cl5N3O5S. The monoisotopic (exact) mass is 593 g/mol. The van der Waals surface area contributed by atoms with Gasteiger partial charge in [-0.1, -0.05) is 87.4 Å². The Labute approximate surface area is 223 Å². The number of benzene rings is 3. The molecular weight excluding hydrogens is 584 g/mol. The molecule has 35 heavy (non-hydrogen) atoms. The molecule has 1 N–H and O–H groups in total. The van der Waals surface area contributed by atoms with Crippen molar-refractivity contribution in [2.75, 3.05) is 10.8 Å². The van der Waals surface area contributed by atoms with Crippen molar-refractivity contribution in [1.82, 2.24) is 10.1 Å². The average molecular weight is 596 g/mol. The van der Waals surface area contributed by atoms with Crippen LogP contribution in [0.3, 0.4) is 0 Å². The van der Waals surface area contributed by atoms with E-state index in [1.807, 2.05) is 0 Å². The van der Waals surface area contributed by atoms with Crippen LogP contribution in [-0.4, -0.2) is 36.2 Å². The van der Waals surface area contributed by atoms with Gasteiger partial charge in [-0.05, 0) is 41.1 Å². The van der Waals surface area contributed by atoms with Gasteiger partial charge in [0.25, 0.3) is 19.7 Å². The van der Waals surface area contributed by atoms with E-state index in [1.165, 1.54) is 30.3 Å². The molecule has 14 heteroatoms. The van der Waals surface area contributed by atoms with Crippen molar-refractivity contribution in [3.63, 3.8) is 0 Å². The Balaban J connectivity index is 1.82. The third-order valence-corrected chi connectivity index (χ3v) is 7.44. The minimum absolute atomic E-state index is 0.0869. The molecule has 4 rings (SSSR count). The number of carbonyl (C=O) groups is 1. The molecule has 0 unspecified atom stereocenters. The second kappa shape index (κ2) is 9.65. The number of anilines is 1. The van der Waals surface area contributed by atoms with Crippen molar-refractivity contribution in [2.45, 2.75) is 8.69 Å². The molecule has 0 spiro atoms. The lowest BCUT2D eigenvalue weighted by Crippen LogP contribution is -2.35. The highest BCUT2D eigenvalue weighted by molar-refractivity contribution is 7.92. The summed E-state index contributed by atoms with van der Waals surface area (Å²) in [7, 11) is -4.34. The van der Waals surface area contributed by atoms with Gasteiger partial charge in [-0.2, -0.15) is 4.98 Å². The van der Waals surface area contributed by atoms with Gasteiger partial charge in [-0.3, -0.25) is 9.10 Å². The summed E-state index contributed by atoms with van der Waals surface area (Å²) < 4.78 is 30.6. The van der Waals surface area contributed by atoms with Crippen molar-refractivity contribution in [1.29, 1.82) is 0 Å². The van der Waals surface area contributed by atoms with Crippen molar-refractivity contribution >= 4 is 90.5 Å². The Morgan fingerprint density at radius 3 is 2.31 bits per heavy atom. The lowest BCUT2D eigenvalue weighted by atomic mass is 10.0. The Morgan fingerprint density at radius 1 is 1.03 bits per heavy atom. The van der Waals surface area contributed by atoms with Gasteiger partial charge in [0.05, 0.1) is 10.6 Å². The Kier molecular flexibility index (Phi) is 7.11. The zero-order valence-electron chi connectivity index (χ0n) is 17.1. The van der Waals surface area contributed by atoms with E-state index in [0.29, 0.717) is 16.3 Å². The van der Waals surface area contributed by atoms with E-state index in [9.17, 15) is 18.3 Å². The van der Waals surface area contributed by atoms with Crippen LogP contribution in [0.15, 0.2) is 64.0 Å². The lowest BCUT2D eigenvalue weighted by Gasteiger charge is -2.23. The van der Waals surface area contributed by atoms with Crippen LogP contribution >= 0.6 is 58.0 Å². The first-order valence-electron chi connectivity index (χ1n) is 9.51. The topological polar surface area (TPSA) is 114 Å². The number of sulfonamides is 1. The molecule has 8 nitrogen and oxygen atoms in total. The fourth-order valence-corrected chi connectivity index (χ4v) is 5.68. The molecule has 182 valence electrons. The van der Waals surface area contributed by atoms with Crippen molar-refractivity contribution in [2.24, 2.45) is 0 Å². The average Bonchev–Trinajstić information content (AvgIpc) is 3.26. The molecule has 0 fully saturated rings. The molecule has 4 aromatic rings. The molecule has 0 saturated heterocycles. The summed E-state index contributed by atoms with van der Waals surface area (Å²) >= 11 is 29.3. The number of alkyl halides is 3. The predicted molar refractivity (Wildman–Crippen MR) is 135 cm³/mol. The van der Waals surface area contributed by atoms with E-state index in [4.69, 9.17) is 62.5 Å². The lowest BCUT2D eigenvalue weighted by molar-refractivity contribution is -0.135. The highest BCUT2D eigenvalue weighted by atomic mass is 35.6. The molecule has 0 aliphatic rings. The van der Waals surface area contributed by atoms with Crippen molar-refractivity contribution in [3.05, 3.63) is 70.5 Å². The fourth-order valence-electron chi connectivity index (χ4n) is 3.31. The zero-order chi connectivity index (χ0) is 25.5. The maximum Gasteiger partial charge on any atom is 0.324 e. The summed E-state index contributed by atoms with van der Waals surface area (Å²) in [6, 6.07) is 13.4. The van der Waals surface area contributed by atoms with Crippen molar-refractivity contribution in [3.8, 4) is 11.4 Å². The summed E-state index contributed by atoms with van der Waals surface area (Å²) in [6.45, 7) is -0.838. The zero-order valence-corrected chi connectivity index (χ0v) is 21.7. The third-order valence-electron chi connectivity index (χ3n) is 4.76. The first-order chi connectivity index (χ1) is 16.4. The Morgan fingerprint density at radius 2 is 1.71 bits per heavy atom. The van der Waals surface area contributed by atoms with Crippen molar-refractivity contribution < 1.29 is 22.8 Å². The molecule has 1 aromatic heterocycles. The van der Waals surface area contributed by atoms with Gasteiger partial charge < -0.3 is 9.63 Å². The molecule has 1 heterocycles. The summed E-state index contributed by atoms with van der Waals surface area (Å²) in [5.41, 5.74) is 0.621. The van der Waals surface area contributed by atoms with Gasteiger partial charge in [0.2, 0.25) is 5.82 Å². The summed E-state index contributed by atoms with van der Waals surface area (Å²) in [5.74, 6) is -1.43. The van der Waals surface area contributed by atoms with E-state index in [0.717, 1.165) is 4.31 Å². The second-order valence-corrected chi connectivity index (χ2v) is 12.2. The smallest absolute Gasteiger partial charge is 0.324 e. The first kappa shape index (κ1) is 25.8. The Hall–Kier alpha value is -2.27. The summed E-state index contributed by atoms with van der Waals surface area (Å²) in [4.78, 5) is 15.4. The standard InChI is InChI=1S/C21H12Cl5N3O5S/c22-12-7-13(23)9-15(8-12)35(32,33)29(10-18(30)31)14-4-5-16-11(6-14)2-1-3-17(16)19-27-20(34-28-19)21(24,25)26/h1-9H,10H2,(H,30,31). The minimum atomic E-state index is -4.34. The van der Waals surface area contributed by atoms with E-state index >= 15 is 0 Å². The normalized spacial score (nSPS) is 12.1. The number of carboxylic acid groups (broad SMARTS) is 1. The molecule has 0 saturated carbocycles. The number of carboxylic acids is 1. The van der Waals surface area contributed by atoms with Gasteiger partial charge in [0, 0.05) is 15.6 Å². The van der Waals surface area contributed by atoms with Crippen LogP contribution < -0.4 is 4.31 Å². The number of nitrogens with zero attached hydrogens (tertiary/aromatic N) is 3. The highest BCUT2D eigenvalue weighted by Crippen LogP contribution is 2.39. The quantitative estimate of drug-likeness (QED) is 0.260. The number of rotatable bonds is 6. The molecule has 3 aromatic carbocycles. The molecule has 0 radical (unpaired) electrons. The number of hydrogen-bond donors (Lipinski definition) is 1. The molecule has 0 aliphatic heterocycles. The molecule has 0 aliphatic carbocycles. The van der Waals surface area contributed by atoms with Gasteiger partial charge >= 0.3 is 5.97 Å². The minimum Gasteiger partial charge on any atom is -0.480 e. The SMILES string of the molecule is O=C(O)CN(c1ccc2c(-c3noc(C(Cl)(Cl)Cl)n3)cccc2c1)S(=O)(=O)c1cc(Cl)cc(Cl)c1. The van der Waals surface area contributed by atoms with Gasteiger partial charge in [0.1, 0.15) is 6.54 Å². The number of aromatic nitrogens is 2. The van der Waals surface area contributed by atoms with Crippen LogP contribution in [0, 0.1) is 0 Å². The Bertz CT molecular complexity index is 1530. The maximum absolute atomic E-state index is 13.4. The van der Waals surface area contributed by atoms with Crippen LogP contribution in [0.4, 0.5) is 5.69 Å². The van der Waals surface area contributed by atoms with Crippen LogP contribution in [0.1, 0.15) is 5.89 Å². The van der Waals surface area contributed by atoms with Gasteiger partial charge in [-0.15, -0.1) is 0 Å². The number of hydrogen-bond acceptors (Lipinski definition) is 6. The van der Waals surface area contributed by atoms with E-state index in [-0.39, 0.29) is 32.3 Å². The number of halogens is 5. The molecule has 0 atom stereocenters. The van der Waals surface area contributed by atoms with Crippen LogP contribution in [0.25, 0.3) is 22.2 Å². The van der Waals surface area contributed by atoms with Crippen LogP contribution in [0.5, 0.6) is 0 Å². The predicted octanol–water partition coefficient (Wildman–Crippen LogP) is 6.30. The maximum atomic E-state index is 13.4. The largest absolute Gasteiger partial charge is 0.480 e. The molecule has 0 bridgehead atoms. The number of fused-ring (bicyclic) bond motifs is 1. The van der Waals surface area contributed by atoms with E-state index < -0.39 is 26.3 Å². The fraction of sp³-hybridized carbons (Fsp3) is 0.0952. The van der Waals surface area contributed by atoms with E-state index in [1.54, 1.807) is 24.3 Å². The number of aliphatic carboxylic acids is 1. The summed E-state index contributed by atoms with van der Waals surface area (Å²) in [5, 5.41) is 14.6. The van der Waals surface area contributed by atoms with Gasteiger partial charge in [-0.25, -0.2) is 8.42 Å². The van der Waals surface area contributed by atoms with Crippen LogP contribution in [-0.2, 0) is 18.6 Å². The summed E-state index contributed by atoms with van der Waals surface area (Å²) in [6.07, 6.45) is 0. The first-order valence-corrected chi connectivity index (χ1v) is 12.8. The van der Waals surface area contributed by atoms with E-state index in [2.05, 4.69) is 10.1 Å². The second-order valence-electron chi connectivity index (χ2n) is 7.14.